The average Bonchev–Trinajstić information content (AvgIpc) is 2.69. The lowest BCUT2D eigenvalue weighted by Crippen LogP contribution is -2.44. The molecular formula is C22H34ClN3O. The monoisotopic (exact) mass is 391 g/mol. The van der Waals surface area contributed by atoms with Gasteiger partial charge in [-0.05, 0) is 81.9 Å². The lowest BCUT2D eigenvalue weighted by Gasteiger charge is -2.34. The zero-order valence-corrected chi connectivity index (χ0v) is 17.5. The van der Waals surface area contributed by atoms with Gasteiger partial charge in [-0.1, -0.05) is 30.2 Å². The van der Waals surface area contributed by atoms with E-state index in [1.54, 1.807) is 0 Å². The van der Waals surface area contributed by atoms with Crippen LogP contribution in [-0.4, -0.2) is 73.5 Å². The molecule has 0 aliphatic carbocycles. The molecule has 2 saturated heterocycles. The first-order chi connectivity index (χ1) is 13.1. The Labute approximate surface area is 169 Å². The Bertz CT molecular complexity index is 578. The zero-order valence-electron chi connectivity index (χ0n) is 16.7. The van der Waals surface area contributed by atoms with E-state index >= 15 is 0 Å². The van der Waals surface area contributed by atoms with Gasteiger partial charge < -0.3 is 9.80 Å². The minimum Gasteiger partial charge on any atom is -0.344 e. The maximum Gasteiger partial charge on any atom is 0.236 e. The molecule has 3 rings (SSSR count). The predicted molar refractivity (Wildman–Crippen MR) is 112 cm³/mol. The molecule has 0 aromatic heterocycles. The third kappa shape index (κ3) is 6.78. The molecule has 1 aromatic rings. The molecule has 5 heteroatoms. The Hall–Kier alpha value is -1.10. The molecular weight excluding hydrogens is 358 g/mol. The molecule has 0 bridgehead atoms. The van der Waals surface area contributed by atoms with E-state index in [0.717, 1.165) is 50.7 Å². The van der Waals surface area contributed by atoms with Crippen molar-refractivity contribution in [1.29, 1.82) is 0 Å². The van der Waals surface area contributed by atoms with Gasteiger partial charge in [-0.3, -0.25) is 9.69 Å². The zero-order chi connectivity index (χ0) is 19.1. The van der Waals surface area contributed by atoms with Gasteiger partial charge in [0.15, 0.2) is 0 Å². The quantitative estimate of drug-likeness (QED) is 0.711. The fourth-order valence-corrected chi connectivity index (χ4v) is 4.38. The summed E-state index contributed by atoms with van der Waals surface area (Å²) in [4.78, 5) is 19.3. The molecule has 150 valence electrons. The first-order valence-electron chi connectivity index (χ1n) is 10.5. The number of halogens is 1. The highest BCUT2D eigenvalue weighted by molar-refractivity contribution is 6.30. The second kappa shape index (κ2) is 10.4. The third-order valence-electron chi connectivity index (χ3n) is 6.10. The molecule has 0 N–H and O–H groups in total. The normalized spacial score (nSPS) is 19.9. The summed E-state index contributed by atoms with van der Waals surface area (Å²) in [5.74, 6) is 0.939. The molecule has 2 heterocycles. The fourth-order valence-electron chi connectivity index (χ4n) is 4.25. The number of benzene rings is 1. The first kappa shape index (κ1) is 20.6. The summed E-state index contributed by atoms with van der Waals surface area (Å²) in [5.41, 5.74) is 1.35. The van der Waals surface area contributed by atoms with Gasteiger partial charge in [0, 0.05) is 25.2 Å². The van der Waals surface area contributed by atoms with Gasteiger partial charge in [-0.25, -0.2) is 0 Å². The first-order valence-corrected chi connectivity index (χ1v) is 10.9. The Morgan fingerprint density at radius 1 is 1.04 bits per heavy atom. The van der Waals surface area contributed by atoms with Crippen molar-refractivity contribution in [2.45, 2.75) is 38.5 Å². The Morgan fingerprint density at radius 2 is 1.70 bits per heavy atom. The van der Waals surface area contributed by atoms with Crippen LogP contribution in [0.25, 0.3) is 0 Å². The maximum atomic E-state index is 12.5. The average molecular weight is 392 g/mol. The molecule has 0 unspecified atom stereocenters. The number of hydrogen-bond acceptors (Lipinski definition) is 3. The van der Waals surface area contributed by atoms with Crippen LogP contribution in [0.2, 0.25) is 5.02 Å². The van der Waals surface area contributed by atoms with E-state index < -0.39 is 0 Å². The highest BCUT2D eigenvalue weighted by atomic mass is 35.5. The van der Waals surface area contributed by atoms with E-state index in [2.05, 4.69) is 21.9 Å². The van der Waals surface area contributed by atoms with E-state index in [0.29, 0.717) is 18.4 Å². The minimum absolute atomic E-state index is 0.294. The van der Waals surface area contributed by atoms with E-state index in [1.807, 2.05) is 24.1 Å². The van der Waals surface area contributed by atoms with E-state index in [-0.39, 0.29) is 0 Å². The molecule has 0 saturated carbocycles. The number of piperidine rings is 2. The second-order valence-corrected chi connectivity index (χ2v) is 8.71. The van der Waals surface area contributed by atoms with Gasteiger partial charge in [0.2, 0.25) is 5.91 Å². The highest BCUT2D eigenvalue weighted by Crippen LogP contribution is 2.19. The number of carbonyl (C=O) groups is 1. The van der Waals surface area contributed by atoms with Crippen LogP contribution < -0.4 is 0 Å². The van der Waals surface area contributed by atoms with Crippen LogP contribution in [0.15, 0.2) is 24.3 Å². The van der Waals surface area contributed by atoms with Gasteiger partial charge in [-0.15, -0.1) is 0 Å². The summed E-state index contributed by atoms with van der Waals surface area (Å²) in [6, 6.07) is 8.19. The van der Waals surface area contributed by atoms with Gasteiger partial charge in [-0.2, -0.15) is 0 Å². The Kier molecular flexibility index (Phi) is 7.98. The summed E-state index contributed by atoms with van der Waals surface area (Å²) >= 11 is 5.95. The summed E-state index contributed by atoms with van der Waals surface area (Å²) < 4.78 is 0. The minimum atomic E-state index is 0.294. The molecule has 4 nitrogen and oxygen atoms in total. The molecule has 2 aliphatic heterocycles. The lowest BCUT2D eigenvalue weighted by atomic mass is 9.96. The molecule has 0 radical (unpaired) electrons. The van der Waals surface area contributed by atoms with Gasteiger partial charge in [0.1, 0.15) is 0 Å². The molecule has 2 fully saturated rings. The number of rotatable bonds is 7. The van der Waals surface area contributed by atoms with Crippen LogP contribution in [0.4, 0.5) is 0 Å². The Balaban J connectivity index is 1.33. The third-order valence-corrected chi connectivity index (χ3v) is 6.35. The van der Waals surface area contributed by atoms with Crippen molar-refractivity contribution in [1.82, 2.24) is 14.7 Å². The SMILES string of the molecule is CN(CC1CCN(CCc2ccc(Cl)cc2)CC1)C(=O)CN1CCCCC1. The summed E-state index contributed by atoms with van der Waals surface area (Å²) in [7, 11) is 1.99. The summed E-state index contributed by atoms with van der Waals surface area (Å²) in [6.45, 7) is 7.10. The number of likely N-dealkylation sites (tertiary alicyclic amines) is 2. The van der Waals surface area contributed by atoms with Crippen molar-refractivity contribution < 1.29 is 4.79 Å². The van der Waals surface area contributed by atoms with E-state index in [4.69, 9.17) is 11.6 Å². The highest BCUT2D eigenvalue weighted by Gasteiger charge is 2.23. The Morgan fingerprint density at radius 3 is 2.37 bits per heavy atom. The van der Waals surface area contributed by atoms with E-state index in [1.165, 1.54) is 37.7 Å². The fraction of sp³-hybridized carbons (Fsp3) is 0.682. The van der Waals surface area contributed by atoms with Crippen molar-refractivity contribution in [3.05, 3.63) is 34.9 Å². The summed E-state index contributed by atoms with van der Waals surface area (Å²) in [6.07, 6.45) is 7.27. The van der Waals surface area contributed by atoms with Crippen molar-refractivity contribution in [3.8, 4) is 0 Å². The van der Waals surface area contributed by atoms with Crippen LogP contribution >= 0.6 is 11.6 Å². The number of nitrogens with zero attached hydrogens (tertiary/aromatic N) is 3. The van der Waals surface area contributed by atoms with Crippen molar-refractivity contribution >= 4 is 17.5 Å². The lowest BCUT2D eigenvalue weighted by molar-refractivity contribution is -0.132. The van der Waals surface area contributed by atoms with Gasteiger partial charge in [0.25, 0.3) is 0 Å². The van der Waals surface area contributed by atoms with Crippen LogP contribution in [0, 0.1) is 5.92 Å². The summed E-state index contributed by atoms with van der Waals surface area (Å²) in [5, 5.41) is 0.804. The maximum absolute atomic E-state index is 12.5. The number of hydrogen-bond donors (Lipinski definition) is 0. The molecule has 0 atom stereocenters. The van der Waals surface area contributed by atoms with Crippen molar-refractivity contribution in [2.24, 2.45) is 5.92 Å². The second-order valence-electron chi connectivity index (χ2n) is 8.27. The number of carbonyl (C=O) groups excluding carboxylic acids is 1. The smallest absolute Gasteiger partial charge is 0.236 e. The van der Waals surface area contributed by atoms with Gasteiger partial charge in [0.05, 0.1) is 6.54 Å². The standard InChI is InChI=1S/C22H34ClN3O/c1-24(22(27)18-26-12-3-2-4-13-26)17-20-10-15-25(16-11-20)14-9-19-5-7-21(23)8-6-19/h5-8,20H,2-4,9-18H2,1H3. The van der Waals surface area contributed by atoms with E-state index in [9.17, 15) is 4.79 Å². The van der Waals surface area contributed by atoms with Crippen LogP contribution in [0.3, 0.4) is 0 Å². The van der Waals surface area contributed by atoms with Crippen molar-refractivity contribution in [2.75, 3.05) is 52.9 Å². The largest absolute Gasteiger partial charge is 0.344 e. The van der Waals surface area contributed by atoms with Crippen LogP contribution in [0.1, 0.15) is 37.7 Å². The number of amides is 1. The predicted octanol–water partition coefficient (Wildman–Crippen LogP) is 3.54. The van der Waals surface area contributed by atoms with Crippen molar-refractivity contribution in [3.63, 3.8) is 0 Å². The molecule has 0 spiro atoms. The topological polar surface area (TPSA) is 26.8 Å². The van der Waals surface area contributed by atoms with Gasteiger partial charge >= 0.3 is 0 Å². The molecule has 1 amide bonds. The molecule has 1 aromatic carbocycles. The van der Waals surface area contributed by atoms with Crippen LogP contribution in [0.5, 0.6) is 0 Å². The number of likely N-dealkylation sites (N-methyl/N-ethyl adjacent to an activating group) is 1. The molecule has 27 heavy (non-hydrogen) atoms. The molecule has 2 aliphatic rings. The van der Waals surface area contributed by atoms with Crippen LogP contribution in [-0.2, 0) is 11.2 Å².